The molecule has 0 aliphatic carbocycles. The molecule has 2 saturated heterocycles. The Kier molecular flexibility index (Phi) is 6.28. The molecule has 0 unspecified atom stereocenters. The van der Waals surface area contributed by atoms with Crippen LogP contribution in [-0.2, 0) is 24.4 Å². The lowest BCUT2D eigenvalue weighted by Crippen LogP contribution is -2.56. The predicted molar refractivity (Wildman–Crippen MR) is 108 cm³/mol. The van der Waals surface area contributed by atoms with Gasteiger partial charge in [-0.3, -0.25) is 19.3 Å². The van der Waals surface area contributed by atoms with E-state index in [0.29, 0.717) is 21.8 Å². The summed E-state index contributed by atoms with van der Waals surface area (Å²) in [6, 6.07) is 4.94. The summed E-state index contributed by atoms with van der Waals surface area (Å²) in [5, 5.41) is 0. The van der Waals surface area contributed by atoms with Gasteiger partial charge in [0.2, 0.25) is 27.7 Å². The van der Waals surface area contributed by atoms with E-state index >= 15 is 0 Å². The molecule has 3 rings (SSSR count). The molecule has 2 aliphatic rings. The second-order valence-electron chi connectivity index (χ2n) is 6.79. The van der Waals surface area contributed by atoms with E-state index in [4.69, 9.17) is 0 Å². The number of halogens is 2. The number of rotatable bonds is 3. The van der Waals surface area contributed by atoms with Crippen molar-refractivity contribution in [2.75, 3.05) is 33.2 Å². The Hall–Kier alpha value is -1.30. The van der Waals surface area contributed by atoms with Gasteiger partial charge in [0.25, 0.3) is 0 Å². The fourth-order valence-electron chi connectivity index (χ4n) is 3.30. The van der Waals surface area contributed by atoms with Crippen molar-refractivity contribution in [1.29, 1.82) is 0 Å². The first-order valence-electron chi connectivity index (χ1n) is 8.64. The van der Waals surface area contributed by atoms with Crippen LogP contribution in [-0.4, -0.2) is 73.5 Å². The van der Waals surface area contributed by atoms with Gasteiger partial charge in [0, 0.05) is 35.0 Å². The van der Waals surface area contributed by atoms with Gasteiger partial charge >= 0.3 is 0 Å². The highest BCUT2D eigenvalue weighted by Crippen LogP contribution is 2.31. The summed E-state index contributed by atoms with van der Waals surface area (Å²) in [6.45, 7) is 0.163. The van der Waals surface area contributed by atoms with Crippen LogP contribution in [0.1, 0.15) is 12.8 Å². The highest BCUT2D eigenvalue weighted by Gasteiger charge is 2.38. The Labute approximate surface area is 180 Å². The molecule has 0 aromatic heterocycles. The highest BCUT2D eigenvalue weighted by molar-refractivity contribution is 9.11. The van der Waals surface area contributed by atoms with E-state index < -0.39 is 27.8 Å². The van der Waals surface area contributed by atoms with E-state index in [9.17, 15) is 22.8 Å². The van der Waals surface area contributed by atoms with Crippen LogP contribution in [0.3, 0.4) is 0 Å². The predicted octanol–water partition coefficient (Wildman–Crippen LogP) is 1.44. The first-order valence-corrected chi connectivity index (χ1v) is 11.7. The summed E-state index contributed by atoms with van der Waals surface area (Å²) in [5.74, 6) is -1.50. The van der Waals surface area contributed by atoms with E-state index in [2.05, 4.69) is 31.9 Å². The van der Waals surface area contributed by atoms with Crippen molar-refractivity contribution in [3.63, 3.8) is 0 Å². The molecule has 0 radical (unpaired) electrons. The van der Waals surface area contributed by atoms with Gasteiger partial charge in [0.15, 0.2) is 0 Å². The molecule has 2 aliphatic heterocycles. The minimum absolute atomic E-state index is 0.120. The molecule has 1 aromatic rings. The van der Waals surface area contributed by atoms with E-state index in [-0.39, 0.29) is 37.0 Å². The zero-order valence-electron chi connectivity index (χ0n) is 15.1. The number of carbonyl (C=O) groups is 3. The molecule has 2 heterocycles. The minimum atomic E-state index is -3.70. The second-order valence-corrected chi connectivity index (χ2v) is 10.5. The Bertz CT molecular complexity index is 911. The number of benzene rings is 1. The first kappa shape index (κ1) is 21.4. The summed E-state index contributed by atoms with van der Waals surface area (Å²) in [4.78, 5) is 38.8. The Morgan fingerprint density at radius 3 is 2.21 bits per heavy atom. The Morgan fingerprint density at radius 1 is 1.07 bits per heavy atom. The van der Waals surface area contributed by atoms with Gasteiger partial charge in [-0.15, -0.1) is 0 Å². The number of likely N-dealkylation sites (N-methyl/N-ethyl adjacent to an activating group) is 1. The maximum Gasteiger partial charge on any atom is 0.248 e. The van der Waals surface area contributed by atoms with Crippen molar-refractivity contribution < 1.29 is 22.8 Å². The van der Waals surface area contributed by atoms with Gasteiger partial charge in [0.1, 0.15) is 13.1 Å². The number of hydrogen-bond acceptors (Lipinski definition) is 5. The van der Waals surface area contributed by atoms with E-state index in [1.807, 2.05) is 0 Å². The average molecular weight is 537 g/mol. The summed E-state index contributed by atoms with van der Waals surface area (Å²) in [5.41, 5.74) is 0. The van der Waals surface area contributed by atoms with Gasteiger partial charge in [-0.25, -0.2) is 8.42 Å². The van der Waals surface area contributed by atoms with Crippen LogP contribution in [0.2, 0.25) is 0 Å². The molecule has 0 N–H and O–H groups in total. The number of nitrogens with zero attached hydrogens (tertiary/aromatic N) is 3. The van der Waals surface area contributed by atoms with Crippen LogP contribution in [0.25, 0.3) is 0 Å². The van der Waals surface area contributed by atoms with Crippen molar-refractivity contribution in [3.8, 4) is 0 Å². The molecule has 0 saturated carbocycles. The maximum absolute atomic E-state index is 12.9. The van der Waals surface area contributed by atoms with E-state index in [1.165, 1.54) is 22.3 Å². The van der Waals surface area contributed by atoms with Crippen LogP contribution in [0, 0.1) is 5.92 Å². The number of carbonyl (C=O) groups excluding carboxylic acids is 3. The number of piperazine rings is 1. The number of amides is 3. The number of piperidine rings is 1. The van der Waals surface area contributed by atoms with Crippen molar-refractivity contribution in [1.82, 2.24) is 14.1 Å². The summed E-state index contributed by atoms with van der Waals surface area (Å²) >= 11 is 6.57. The molecular weight excluding hydrogens is 518 g/mol. The molecule has 0 atom stereocenters. The van der Waals surface area contributed by atoms with Gasteiger partial charge in [-0.05, 0) is 47.0 Å². The lowest BCUT2D eigenvalue weighted by Gasteiger charge is -2.36. The van der Waals surface area contributed by atoms with Crippen LogP contribution in [0.15, 0.2) is 32.0 Å². The molecule has 0 bridgehead atoms. The SMILES string of the molecule is CN1C(=O)CN(C(=O)C2CCN(S(=O)(=O)c3cc(Br)ccc3Br)CC2)CC1=O. The van der Waals surface area contributed by atoms with Crippen LogP contribution >= 0.6 is 31.9 Å². The smallest absolute Gasteiger partial charge is 0.248 e. The van der Waals surface area contributed by atoms with Crippen molar-refractivity contribution in [2.24, 2.45) is 5.92 Å². The zero-order chi connectivity index (χ0) is 20.6. The van der Waals surface area contributed by atoms with Gasteiger partial charge in [0.05, 0.1) is 4.90 Å². The summed E-state index contributed by atoms with van der Waals surface area (Å²) in [6.07, 6.45) is 0.691. The van der Waals surface area contributed by atoms with E-state index in [1.54, 1.807) is 12.1 Å². The molecule has 3 amide bonds. The molecule has 28 heavy (non-hydrogen) atoms. The molecule has 11 heteroatoms. The highest BCUT2D eigenvalue weighted by atomic mass is 79.9. The fourth-order valence-corrected chi connectivity index (χ4v) is 6.24. The van der Waals surface area contributed by atoms with Gasteiger partial charge in [-0.1, -0.05) is 15.9 Å². The first-order chi connectivity index (χ1) is 13.1. The topological polar surface area (TPSA) is 95.1 Å². The maximum atomic E-state index is 12.9. The summed E-state index contributed by atoms with van der Waals surface area (Å²) in [7, 11) is -2.30. The van der Waals surface area contributed by atoms with Crippen LogP contribution in [0.4, 0.5) is 0 Å². The number of imide groups is 1. The second kappa shape index (κ2) is 8.21. The monoisotopic (exact) mass is 535 g/mol. The lowest BCUT2D eigenvalue weighted by atomic mass is 9.96. The van der Waals surface area contributed by atoms with E-state index in [0.717, 1.165) is 4.90 Å². The molecule has 0 spiro atoms. The normalized spacial score (nSPS) is 20.0. The Balaban J connectivity index is 1.67. The average Bonchev–Trinajstić information content (AvgIpc) is 2.67. The quantitative estimate of drug-likeness (QED) is 0.545. The number of hydrogen-bond donors (Lipinski definition) is 0. The number of sulfonamides is 1. The fraction of sp³-hybridized carbons (Fsp3) is 0.471. The van der Waals surface area contributed by atoms with Crippen molar-refractivity contribution in [2.45, 2.75) is 17.7 Å². The van der Waals surface area contributed by atoms with Crippen molar-refractivity contribution in [3.05, 3.63) is 27.1 Å². The molecule has 8 nitrogen and oxygen atoms in total. The lowest BCUT2D eigenvalue weighted by molar-refractivity contribution is -0.156. The standard InChI is InChI=1S/C17H19Br2N3O5S/c1-20-15(23)9-21(10-16(20)24)17(25)11-4-6-22(7-5-11)28(26,27)14-8-12(18)2-3-13(14)19/h2-3,8,11H,4-7,9-10H2,1H3. The van der Waals surface area contributed by atoms with Crippen LogP contribution in [0.5, 0.6) is 0 Å². The van der Waals surface area contributed by atoms with Crippen molar-refractivity contribution >= 4 is 59.6 Å². The third kappa shape index (κ3) is 4.17. The summed E-state index contributed by atoms with van der Waals surface area (Å²) < 4.78 is 28.4. The third-order valence-corrected chi connectivity index (χ3v) is 8.41. The Morgan fingerprint density at radius 2 is 1.64 bits per heavy atom. The largest absolute Gasteiger partial charge is 0.324 e. The molecule has 1 aromatic carbocycles. The zero-order valence-corrected chi connectivity index (χ0v) is 19.1. The minimum Gasteiger partial charge on any atom is -0.324 e. The molecule has 2 fully saturated rings. The van der Waals surface area contributed by atoms with Crippen LogP contribution < -0.4 is 0 Å². The van der Waals surface area contributed by atoms with Gasteiger partial charge in [-0.2, -0.15) is 4.31 Å². The molecule has 152 valence electrons. The molecular formula is C17H19Br2N3O5S. The van der Waals surface area contributed by atoms with Gasteiger partial charge < -0.3 is 4.90 Å². The third-order valence-electron chi connectivity index (χ3n) is 5.03.